The van der Waals surface area contributed by atoms with E-state index >= 15 is 0 Å². The third kappa shape index (κ3) is 2.23. The lowest BCUT2D eigenvalue weighted by molar-refractivity contribution is 0.143. The summed E-state index contributed by atoms with van der Waals surface area (Å²) in [6.07, 6.45) is 1.48. The van der Waals surface area contributed by atoms with E-state index in [2.05, 4.69) is 24.0 Å². The molecule has 1 atom stereocenters. The summed E-state index contributed by atoms with van der Waals surface area (Å²) in [4.78, 5) is 17.9. The van der Waals surface area contributed by atoms with Gasteiger partial charge in [-0.3, -0.25) is 0 Å². The van der Waals surface area contributed by atoms with Crippen molar-refractivity contribution in [3.05, 3.63) is 35.9 Å². The van der Waals surface area contributed by atoms with E-state index in [9.17, 15) is 4.79 Å². The van der Waals surface area contributed by atoms with Crippen LogP contribution in [0, 0.1) is 0 Å². The van der Waals surface area contributed by atoms with Crippen LogP contribution in [0.25, 0.3) is 0 Å². The Balaban J connectivity index is 2.40. The van der Waals surface area contributed by atoms with Crippen LogP contribution in [0.4, 0.5) is 4.79 Å². The number of aliphatic imine (C=N–C) groups is 1. The highest BCUT2D eigenvalue weighted by Gasteiger charge is 2.48. The predicted molar refractivity (Wildman–Crippen MR) is 77.2 cm³/mol. The Morgan fingerprint density at radius 3 is 2.47 bits per heavy atom. The van der Waals surface area contributed by atoms with Crippen molar-refractivity contribution in [3.8, 4) is 0 Å². The second-order valence-electron chi connectivity index (χ2n) is 5.29. The number of carbonyl (C=O) groups excluding carboxylic acids is 1. The fourth-order valence-corrected chi connectivity index (χ4v) is 2.87. The number of rotatable bonds is 4. The van der Waals surface area contributed by atoms with Crippen molar-refractivity contribution in [1.82, 2.24) is 4.90 Å². The molecule has 2 rings (SSSR count). The second-order valence-corrected chi connectivity index (χ2v) is 5.29. The predicted octanol–water partition coefficient (Wildman–Crippen LogP) is 2.58. The van der Waals surface area contributed by atoms with E-state index in [1.165, 1.54) is 5.56 Å². The van der Waals surface area contributed by atoms with E-state index < -0.39 is 5.54 Å². The zero-order valence-corrected chi connectivity index (χ0v) is 11.8. The molecular weight excluding hydrogens is 238 g/mol. The molecule has 0 saturated heterocycles. The second kappa shape index (κ2) is 5.03. The Bertz CT molecular complexity index is 495. The molecule has 19 heavy (non-hydrogen) atoms. The summed E-state index contributed by atoms with van der Waals surface area (Å²) in [6, 6.07) is 9.98. The Kier molecular flexibility index (Phi) is 3.60. The number of amides is 2. The van der Waals surface area contributed by atoms with Crippen molar-refractivity contribution in [2.75, 3.05) is 0 Å². The van der Waals surface area contributed by atoms with Gasteiger partial charge in [-0.2, -0.15) is 4.99 Å². The normalized spacial score (nSPS) is 23.1. The summed E-state index contributed by atoms with van der Waals surface area (Å²) in [5.41, 5.74) is 6.77. The standard InChI is InChI=1S/C15H21N3O/c1-4-15(10-12-8-6-5-7-9-12)13(16)17-14(19)18(15)11(2)3/h5-9,11H,4,10H2,1-3H3,(H2,16,17,19). The first-order valence-corrected chi connectivity index (χ1v) is 6.73. The van der Waals surface area contributed by atoms with Crippen molar-refractivity contribution in [2.24, 2.45) is 10.7 Å². The molecule has 4 heteroatoms. The first kappa shape index (κ1) is 13.6. The minimum absolute atomic E-state index is 0.0842. The van der Waals surface area contributed by atoms with Crippen LogP contribution < -0.4 is 5.73 Å². The molecule has 1 aromatic rings. The molecule has 2 amide bonds. The summed E-state index contributed by atoms with van der Waals surface area (Å²) in [5, 5.41) is 0. The first-order valence-electron chi connectivity index (χ1n) is 6.73. The lowest BCUT2D eigenvalue weighted by Gasteiger charge is -2.40. The van der Waals surface area contributed by atoms with Crippen molar-refractivity contribution in [1.29, 1.82) is 0 Å². The van der Waals surface area contributed by atoms with Crippen molar-refractivity contribution >= 4 is 11.9 Å². The third-order valence-corrected chi connectivity index (χ3v) is 3.80. The number of hydrogen-bond donors (Lipinski definition) is 1. The molecule has 0 radical (unpaired) electrons. The summed E-state index contributed by atoms with van der Waals surface area (Å²) in [7, 11) is 0. The van der Waals surface area contributed by atoms with Crippen LogP contribution in [0.1, 0.15) is 32.8 Å². The lowest BCUT2D eigenvalue weighted by Crippen LogP contribution is -2.57. The topological polar surface area (TPSA) is 58.7 Å². The van der Waals surface area contributed by atoms with Gasteiger partial charge in [0.15, 0.2) is 0 Å². The largest absolute Gasteiger partial charge is 0.385 e. The molecule has 1 aromatic carbocycles. The maximum Gasteiger partial charge on any atom is 0.346 e. The van der Waals surface area contributed by atoms with Gasteiger partial charge in [-0.25, -0.2) is 4.79 Å². The number of benzene rings is 1. The van der Waals surface area contributed by atoms with Gasteiger partial charge < -0.3 is 10.6 Å². The Morgan fingerprint density at radius 1 is 1.32 bits per heavy atom. The molecular formula is C15H21N3O. The Labute approximate surface area is 114 Å². The van der Waals surface area contributed by atoms with Gasteiger partial charge in [0.25, 0.3) is 0 Å². The van der Waals surface area contributed by atoms with E-state index in [1.807, 2.05) is 36.9 Å². The van der Waals surface area contributed by atoms with Crippen molar-refractivity contribution < 1.29 is 4.79 Å². The smallest absolute Gasteiger partial charge is 0.346 e. The van der Waals surface area contributed by atoms with Crippen molar-refractivity contribution in [2.45, 2.75) is 45.2 Å². The Hall–Kier alpha value is -1.84. The summed E-state index contributed by atoms with van der Waals surface area (Å²) >= 11 is 0. The zero-order valence-electron chi connectivity index (χ0n) is 11.8. The molecule has 1 unspecified atom stereocenters. The summed E-state index contributed by atoms with van der Waals surface area (Å²) in [5.74, 6) is 0.442. The van der Waals surface area contributed by atoms with Gasteiger partial charge in [-0.15, -0.1) is 0 Å². The molecule has 1 aliphatic rings. The molecule has 0 aromatic heterocycles. The van der Waals surface area contributed by atoms with Crippen LogP contribution in [0.5, 0.6) is 0 Å². The molecule has 2 N–H and O–H groups in total. The minimum Gasteiger partial charge on any atom is -0.385 e. The molecule has 0 fully saturated rings. The van der Waals surface area contributed by atoms with Gasteiger partial charge >= 0.3 is 6.03 Å². The average molecular weight is 259 g/mol. The highest BCUT2D eigenvalue weighted by molar-refractivity contribution is 6.06. The van der Waals surface area contributed by atoms with Crippen LogP contribution >= 0.6 is 0 Å². The molecule has 0 saturated carbocycles. The average Bonchev–Trinajstić information content (AvgIpc) is 2.62. The number of amidine groups is 1. The lowest BCUT2D eigenvalue weighted by atomic mass is 9.85. The van der Waals surface area contributed by atoms with Crippen LogP contribution in [-0.4, -0.2) is 28.3 Å². The molecule has 102 valence electrons. The highest BCUT2D eigenvalue weighted by Crippen LogP contribution is 2.32. The van der Waals surface area contributed by atoms with E-state index in [0.29, 0.717) is 12.3 Å². The molecule has 1 heterocycles. The first-order chi connectivity index (χ1) is 9.01. The minimum atomic E-state index is -0.480. The SMILES string of the molecule is CCC1(Cc2ccccc2)C(N)=NC(=O)N1C(C)C. The quantitative estimate of drug-likeness (QED) is 0.903. The van der Waals surface area contributed by atoms with E-state index in [0.717, 1.165) is 6.42 Å². The number of nitrogens with zero attached hydrogens (tertiary/aromatic N) is 2. The maximum absolute atomic E-state index is 12.0. The number of hydrogen-bond acceptors (Lipinski definition) is 2. The van der Waals surface area contributed by atoms with E-state index in [4.69, 9.17) is 5.73 Å². The van der Waals surface area contributed by atoms with E-state index in [-0.39, 0.29) is 12.1 Å². The van der Waals surface area contributed by atoms with Gasteiger partial charge in [0.1, 0.15) is 11.4 Å². The summed E-state index contributed by atoms with van der Waals surface area (Å²) in [6.45, 7) is 6.06. The monoisotopic (exact) mass is 259 g/mol. The number of nitrogens with two attached hydrogens (primary N) is 1. The maximum atomic E-state index is 12.0. The number of carbonyl (C=O) groups is 1. The zero-order chi connectivity index (χ0) is 14.0. The fourth-order valence-electron chi connectivity index (χ4n) is 2.87. The van der Waals surface area contributed by atoms with Crippen LogP contribution in [0.2, 0.25) is 0 Å². The number of urea groups is 1. The molecule has 0 aliphatic carbocycles. The van der Waals surface area contributed by atoms with Gasteiger partial charge in [0, 0.05) is 12.5 Å². The van der Waals surface area contributed by atoms with Gasteiger partial charge in [0.05, 0.1) is 0 Å². The summed E-state index contributed by atoms with van der Waals surface area (Å²) < 4.78 is 0. The molecule has 4 nitrogen and oxygen atoms in total. The molecule has 1 aliphatic heterocycles. The molecule has 0 spiro atoms. The third-order valence-electron chi connectivity index (χ3n) is 3.80. The highest BCUT2D eigenvalue weighted by atomic mass is 16.2. The van der Waals surface area contributed by atoms with Crippen LogP contribution in [0.3, 0.4) is 0 Å². The van der Waals surface area contributed by atoms with Gasteiger partial charge in [0.2, 0.25) is 0 Å². The Morgan fingerprint density at radius 2 is 1.95 bits per heavy atom. The van der Waals surface area contributed by atoms with Crippen LogP contribution in [-0.2, 0) is 6.42 Å². The fraction of sp³-hybridized carbons (Fsp3) is 0.467. The van der Waals surface area contributed by atoms with Gasteiger partial charge in [-0.05, 0) is 25.8 Å². The van der Waals surface area contributed by atoms with Crippen LogP contribution in [0.15, 0.2) is 35.3 Å². The van der Waals surface area contributed by atoms with Crippen molar-refractivity contribution in [3.63, 3.8) is 0 Å². The molecule has 0 bridgehead atoms. The van der Waals surface area contributed by atoms with E-state index in [1.54, 1.807) is 0 Å². The van der Waals surface area contributed by atoms with Gasteiger partial charge in [-0.1, -0.05) is 37.3 Å².